The average Bonchev–Trinajstić information content (AvgIpc) is 3.57. The van der Waals surface area contributed by atoms with Crippen molar-refractivity contribution in [2.24, 2.45) is 0 Å². The summed E-state index contributed by atoms with van der Waals surface area (Å²) in [5.74, 6) is 0. The van der Waals surface area contributed by atoms with E-state index in [2.05, 4.69) is 158 Å². The molecule has 0 bridgehead atoms. The summed E-state index contributed by atoms with van der Waals surface area (Å²) in [6.45, 7) is 0. The van der Waals surface area contributed by atoms with Gasteiger partial charge in [0.1, 0.15) is 0 Å². The molecule has 0 fully saturated rings. The monoisotopic (exact) mass is 598 g/mol. The van der Waals surface area contributed by atoms with E-state index in [0.717, 1.165) is 0 Å². The Kier molecular flexibility index (Phi) is 4.80. The summed E-state index contributed by atoms with van der Waals surface area (Å²) in [5, 5.41) is 5.25. The van der Waals surface area contributed by atoms with Crippen molar-refractivity contribution in [3.05, 3.63) is 180 Å². The fourth-order valence-electron chi connectivity index (χ4n) is 8.76. The van der Waals surface area contributed by atoms with E-state index in [0.29, 0.717) is 0 Å². The van der Waals surface area contributed by atoms with Crippen LogP contribution in [0.25, 0.3) is 66.1 Å². The lowest BCUT2D eigenvalue weighted by molar-refractivity contribution is 0.795. The molecule has 1 atom stereocenters. The highest BCUT2D eigenvalue weighted by Gasteiger charge is 2.51. The molecule has 212 valence electrons. The summed E-state index contributed by atoms with van der Waals surface area (Å²) in [5.41, 5.74) is 15.8. The van der Waals surface area contributed by atoms with Crippen LogP contribution < -0.4 is 0 Å². The molecule has 0 aromatic heterocycles. The van der Waals surface area contributed by atoms with Gasteiger partial charge in [0.25, 0.3) is 0 Å². The predicted molar refractivity (Wildman–Crippen MR) is 193 cm³/mol. The van der Waals surface area contributed by atoms with Crippen molar-refractivity contribution in [1.29, 1.82) is 0 Å². The van der Waals surface area contributed by atoms with Gasteiger partial charge in [-0.25, -0.2) is 0 Å². The van der Waals surface area contributed by atoms with Crippen molar-refractivity contribution in [1.82, 2.24) is 0 Å². The lowest BCUT2D eigenvalue weighted by Crippen LogP contribution is -2.25. The highest BCUT2D eigenvalue weighted by atomic mass is 32.2. The molecule has 11 rings (SSSR count). The van der Waals surface area contributed by atoms with Crippen LogP contribution in [0.3, 0.4) is 0 Å². The first-order valence-electron chi connectivity index (χ1n) is 16.0. The molecule has 8 aromatic carbocycles. The van der Waals surface area contributed by atoms with Crippen molar-refractivity contribution in [3.63, 3.8) is 0 Å². The van der Waals surface area contributed by atoms with Gasteiger partial charge in [0.15, 0.2) is 0 Å². The van der Waals surface area contributed by atoms with E-state index in [4.69, 9.17) is 0 Å². The van der Waals surface area contributed by atoms with Crippen LogP contribution in [0.5, 0.6) is 0 Å². The van der Waals surface area contributed by atoms with Gasteiger partial charge >= 0.3 is 0 Å². The number of hydrogen-bond acceptors (Lipinski definition) is 1. The third-order valence-corrected chi connectivity index (χ3v) is 11.7. The second-order valence-corrected chi connectivity index (χ2v) is 13.9. The highest BCUT2D eigenvalue weighted by molar-refractivity contribution is 7.99. The fourth-order valence-corrected chi connectivity index (χ4v) is 9.95. The van der Waals surface area contributed by atoms with Gasteiger partial charge in [-0.2, -0.15) is 0 Å². The van der Waals surface area contributed by atoms with Gasteiger partial charge in [0, 0.05) is 15.2 Å². The fraction of sp³-hybridized carbons (Fsp3) is 0.0222. The van der Waals surface area contributed by atoms with Gasteiger partial charge < -0.3 is 0 Å². The van der Waals surface area contributed by atoms with Gasteiger partial charge in [-0.15, -0.1) is 0 Å². The third-order valence-electron chi connectivity index (χ3n) is 10.6. The van der Waals surface area contributed by atoms with Crippen LogP contribution in [-0.4, -0.2) is 0 Å². The Balaban J connectivity index is 1.17. The van der Waals surface area contributed by atoms with E-state index in [1.165, 1.54) is 98.1 Å². The molecule has 0 radical (unpaired) electrons. The van der Waals surface area contributed by atoms with Crippen molar-refractivity contribution >= 4 is 33.3 Å². The summed E-state index contributed by atoms with van der Waals surface area (Å²) >= 11 is 1.90. The van der Waals surface area contributed by atoms with Crippen molar-refractivity contribution in [2.75, 3.05) is 0 Å². The molecule has 0 nitrogen and oxygen atoms in total. The van der Waals surface area contributed by atoms with E-state index in [1.54, 1.807) is 0 Å². The molecule has 1 aliphatic heterocycles. The number of hydrogen-bond donors (Lipinski definition) is 0. The minimum absolute atomic E-state index is 0.343. The van der Waals surface area contributed by atoms with Gasteiger partial charge in [-0.3, -0.25) is 0 Å². The molecular weight excluding hydrogens is 573 g/mol. The molecule has 8 aromatic rings. The van der Waals surface area contributed by atoms with Crippen molar-refractivity contribution < 1.29 is 0 Å². The third kappa shape index (κ3) is 3.06. The summed E-state index contributed by atoms with van der Waals surface area (Å²) < 4.78 is 0. The highest BCUT2D eigenvalue weighted by Crippen LogP contribution is 2.63. The minimum Gasteiger partial charge on any atom is -0.0888 e. The first-order chi connectivity index (χ1) is 22.8. The van der Waals surface area contributed by atoms with Gasteiger partial charge in [-0.1, -0.05) is 133 Å². The van der Waals surface area contributed by atoms with Crippen LogP contribution in [-0.2, 0) is 5.41 Å². The molecule has 0 N–H and O–H groups in total. The lowest BCUT2D eigenvalue weighted by atomic mass is 9.70. The molecule has 1 spiro atoms. The maximum Gasteiger partial charge on any atom is 0.0725 e. The maximum absolute atomic E-state index is 2.46. The molecule has 0 saturated carbocycles. The van der Waals surface area contributed by atoms with Gasteiger partial charge in [-0.05, 0) is 119 Å². The zero-order valence-corrected chi connectivity index (χ0v) is 25.7. The summed E-state index contributed by atoms with van der Waals surface area (Å²) in [4.78, 5) is 2.67. The Labute approximate surface area is 272 Å². The Morgan fingerprint density at radius 2 is 0.935 bits per heavy atom. The summed E-state index contributed by atoms with van der Waals surface area (Å²) in [7, 11) is 0. The first kappa shape index (κ1) is 24.9. The van der Waals surface area contributed by atoms with Crippen LogP contribution in [0.1, 0.15) is 22.3 Å². The maximum atomic E-state index is 2.46. The van der Waals surface area contributed by atoms with Crippen LogP contribution >= 0.6 is 11.8 Å². The Morgan fingerprint density at radius 3 is 1.74 bits per heavy atom. The molecule has 2 aliphatic carbocycles. The average molecular weight is 599 g/mol. The lowest BCUT2D eigenvalue weighted by Gasteiger charge is -2.30. The standard InChI is InChI=1S/C45H26S/c1-2-11-28-25-41-37(23-27(28)10-1)33-14-4-7-18-39(33)45(41)38-17-6-3-13-32(38)36-24-29(20-21-40(36)45)31-22-30-12-9-16-35-34-15-5-8-19-42(34)46-43(26-31)44(30)35/h1-26H. The molecule has 46 heavy (non-hydrogen) atoms. The second-order valence-electron chi connectivity index (χ2n) is 12.8. The smallest absolute Gasteiger partial charge is 0.0725 e. The van der Waals surface area contributed by atoms with Gasteiger partial charge in [0.2, 0.25) is 0 Å². The Hall–Kier alpha value is -5.37. The largest absolute Gasteiger partial charge is 0.0888 e. The Morgan fingerprint density at radius 1 is 0.326 bits per heavy atom. The normalized spacial score (nSPS) is 16.3. The SMILES string of the molecule is c1ccc2c(c1)Sc1cc(-c3ccc4c(c3)-c3ccccc3C43c4ccccc4-c4cc5ccccc5cc43)cc3cccc-2c13. The van der Waals surface area contributed by atoms with E-state index in [-0.39, 0.29) is 5.41 Å². The van der Waals surface area contributed by atoms with Crippen LogP contribution in [0.15, 0.2) is 168 Å². The van der Waals surface area contributed by atoms with E-state index in [1.807, 2.05) is 11.8 Å². The second kappa shape index (κ2) is 8.88. The molecular formula is C45H26S. The molecule has 0 saturated heterocycles. The van der Waals surface area contributed by atoms with Gasteiger partial charge in [0.05, 0.1) is 5.41 Å². The summed E-state index contributed by atoms with van der Waals surface area (Å²) in [6.07, 6.45) is 0. The zero-order valence-electron chi connectivity index (χ0n) is 24.9. The first-order valence-corrected chi connectivity index (χ1v) is 16.8. The number of fused-ring (bicyclic) bond motifs is 13. The molecule has 1 heterocycles. The summed E-state index contributed by atoms with van der Waals surface area (Å²) in [6, 6.07) is 59.5. The Bertz CT molecular complexity index is 2630. The quantitative estimate of drug-likeness (QED) is 0.181. The molecule has 3 aliphatic rings. The van der Waals surface area contributed by atoms with E-state index < -0.39 is 0 Å². The van der Waals surface area contributed by atoms with E-state index in [9.17, 15) is 0 Å². The van der Waals surface area contributed by atoms with Crippen molar-refractivity contribution in [3.8, 4) is 44.5 Å². The number of benzene rings is 8. The topological polar surface area (TPSA) is 0 Å². The zero-order chi connectivity index (χ0) is 30.0. The van der Waals surface area contributed by atoms with Crippen LogP contribution in [0, 0.1) is 0 Å². The van der Waals surface area contributed by atoms with Crippen LogP contribution in [0.4, 0.5) is 0 Å². The number of rotatable bonds is 1. The predicted octanol–water partition coefficient (Wildman–Crippen LogP) is 12.1. The molecule has 0 amide bonds. The minimum atomic E-state index is -0.343. The van der Waals surface area contributed by atoms with Crippen LogP contribution in [0.2, 0.25) is 0 Å². The molecule has 1 unspecified atom stereocenters. The van der Waals surface area contributed by atoms with Crippen molar-refractivity contribution in [2.45, 2.75) is 15.2 Å². The van der Waals surface area contributed by atoms with E-state index >= 15 is 0 Å². The molecule has 1 heteroatoms.